The smallest absolute Gasteiger partial charge is 0.245 e. The molecule has 0 atom stereocenters. The molecule has 1 N–H and O–H groups in total. The van der Waals surface area contributed by atoms with Gasteiger partial charge in [0.15, 0.2) is 0 Å². The second-order valence-corrected chi connectivity index (χ2v) is 8.22. The largest absolute Gasteiger partial charge is 0.375 e. The van der Waals surface area contributed by atoms with Crippen LogP contribution in [0.1, 0.15) is 33.5 Å². The molecule has 0 aliphatic rings. The Morgan fingerprint density at radius 3 is 2.41 bits per heavy atom. The van der Waals surface area contributed by atoms with Crippen LogP contribution >= 0.6 is 0 Å². The zero-order chi connectivity index (χ0) is 21.4. The van der Waals surface area contributed by atoms with Gasteiger partial charge in [0.1, 0.15) is 19.0 Å². The van der Waals surface area contributed by atoms with E-state index >= 15 is 0 Å². The zero-order valence-electron chi connectivity index (χ0n) is 18.3. The molecule has 0 fully saturated rings. The Balaban J connectivity index is 2.20. The molecule has 29 heavy (non-hydrogen) atoms. The van der Waals surface area contributed by atoms with Crippen LogP contribution in [-0.4, -0.2) is 59.6 Å². The van der Waals surface area contributed by atoms with Crippen molar-refractivity contribution >= 4 is 22.8 Å². The average Bonchev–Trinajstić information content (AvgIpc) is 2.98. The lowest BCUT2D eigenvalue weighted by Gasteiger charge is -2.27. The number of amides is 2. The number of nitrogens with one attached hydrogen (secondary N) is 1. The highest BCUT2D eigenvalue weighted by atomic mass is 16.5. The van der Waals surface area contributed by atoms with Gasteiger partial charge in [0.05, 0.1) is 11.0 Å². The first-order chi connectivity index (χ1) is 13.8. The number of methoxy groups -OCH3 is 1. The molecule has 0 radical (unpaired) electrons. The second kappa shape index (κ2) is 11.0. The third-order valence-electron chi connectivity index (χ3n) is 4.50. The Morgan fingerprint density at radius 2 is 1.79 bits per heavy atom. The molecule has 0 saturated heterocycles. The Kier molecular flexibility index (Phi) is 8.64. The summed E-state index contributed by atoms with van der Waals surface area (Å²) in [5.41, 5.74) is 1.80. The molecule has 7 heteroatoms. The second-order valence-electron chi connectivity index (χ2n) is 8.22. The van der Waals surface area contributed by atoms with Crippen LogP contribution in [0.15, 0.2) is 24.3 Å². The molecule has 1 aromatic heterocycles. The first kappa shape index (κ1) is 22.9. The van der Waals surface area contributed by atoms with E-state index in [-0.39, 0.29) is 25.0 Å². The van der Waals surface area contributed by atoms with Crippen molar-refractivity contribution in [3.63, 3.8) is 0 Å². The molecule has 0 saturated carbocycles. The van der Waals surface area contributed by atoms with E-state index in [0.29, 0.717) is 24.8 Å². The van der Waals surface area contributed by atoms with Crippen molar-refractivity contribution in [2.45, 2.75) is 40.7 Å². The zero-order valence-corrected chi connectivity index (χ0v) is 18.3. The molecule has 0 aliphatic heterocycles. The van der Waals surface area contributed by atoms with Crippen LogP contribution < -0.4 is 5.32 Å². The van der Waals surface area contributed by atoms with Crippen molar-refractivity contribution in [3.05, 3.63) is 30.1 Å². The third kappa shape index (κ3) is 6.85. The van der Waals surface area contributed by atoms with Gasteiger partial charge < -0.3 is 19.5 Å². The number of fused-ring (bicyclic) bond motifs is 1. The first-order valence-corrected chi connectivity index (χ1v) is 10.3. The summed E-state index contributed by atoms with van der Waals surface area (Å²) >= 11 is 0. The van der Waals surface area contributed by atoms with Gasteiger partial charge in [-0.25, -0.2) is 4.98 Å². The number of benzene rings is 1. The number of nitrogens with zero attached hydrogens (tertiary/aromatic N) is 3. The number of aromatic nitrogens is 2. The number of ether oxygens (including phenoxy) is 1. The molecule has 2 rings (SSSR count). The number of carbonyl (C=O) groups excluding carboxylic acids is 2. The highest BCUT2D eigenvalue weighted by Crippen LogP contribution is 2.17. The van der Waals surface area contributed by atoms with Crippen molar-refractivity contribution < 1.29 is 14.3 Å². The van der Waals surface area contributed by atoms with Gasteiger partial charge in [-0.05, 0) is 24.0 Å². The molecule has 0 unspecified atom stereocenters. The maximum absolute atomic E-state index is 13.1. The number of rotatable bonds is 11. The van der Waals surface area contributed by atoms with Gasteiger partial charge in [-0.1, -0.05) is 39.8 Å². The molecular formula is C22H34N4O3. The molecule has 160 valence electrons. The number of carbonyl (C=O) groups is 2. The summed E-state index contributed by atoms with van der Waals surface area (Å²) in [4.78, 5) is 31.4. The molecule has 2 amide bonds. The lowest BCUT2D eigenvalue weighted by molar-refractivity contribution is -0.133. The van der Waals surface area contributed by atoms with Gasteiger partial charge >= 0.3 is 0 Å². The van der Waals surface area contributed by atoms with E-state index in [4.69, 9.17) is 9.72 Å². The molecule has 0 aliphatic carbocycles. The molecule has 1 heterocycles. The lowest BCUT2D eigenvalue weighted by Crippen LogP contribution is -2.39. The number of para-hydroxylation sites is 2. The number of hydrogen-bond donors (Lipinski definition) is 1. The summed E-state index contributed by atoms with van der Waals surface area (Å²) in [6, 6.07) is 7.83. The maximum Gasteiger partial charge on any atom is 0.245 e. The average molecular weight is 403 g/mol. The van der Waals surface area contributed by atoms with E-state index in [0.717, 1.165) is 29.9 Å². The first-order valence-electron chi connectivity index (χ1n) is 10.3. The van der Waals surface area contributed by atoms with Crippen molar-refractivity contribution in [3.8, 4) is 0 Å². The predicted molar refractivity (Wildman–Crippen MR) is 115 cm³/mol. The Bertz CT molecular complexity index is 803. The topological polar surface area (TPSA) is 76.5 Å². The van der Waals surface area contributed by atoms with Gasteiger partial charge in [0, 0.05) is 33.2 Å². The molecule has 2 aromatic rings. The minimum Gasteiger partial charge on any atom is -0.375 e. The number of hydrogen-bond acceptors (Lipinski definition) is 4. The molecular weight excluding hydrogens is 368 g/mol. The minimum absolute atomic E-state index is 0.0360. The van der Waals surface area contributed by atoms with E-state index < -0.39 is 0 Å². The maximum atomic E-state index is 13.1. The van der Waals surface area contributed by atoms with Gasteiger partial charge in [0.25, 0.3) is 0 Å². The minimum atomic E-state index is -0.161. The summed E-state index contributed by atoms with van der Waals surface area (Å²) < 4.78 is 6.82. The van der Waals surface area contributed by atoms with Gasteiger partial charge in [0.2, 0.25) is 11.8 Å². The molecule has 7 nitrogen and oxygen atoms in total. The van der Waals surface area contributed by atoms with Gasteiger partial charge in [-0.2, -0.15) is 0 Å². The van der Waals surface area contributed by atoms with Crippen molar-refractivity contribution in [1.29, 1.82) is 0 Å². The normalized spacial score (nSPS) is 11.4. The van der Waals surface area contributed by atoms with Crippen LogP contribution in [-0.2, 0) is 27.3 Å². The lowest BCUT2D eigenvalue weighted by atomic mass is 10.1. The van der Waals surface area contributed by atoms with Crippen LogP contribution in [0.25, 0.3) is 11.0 Å². The summed E-state index contributed by atoms with van der Waals surface area (Å²) in [6.07, 6.45) is 0.547. The molecule has 0 bridgehead atoms. The molecule has 1 aromatic carbocycles. The van der Waals surface area contributed by atoms with Crippen molar-refractivity contribution in [2.75, 3.05) is 33.4 Å². The quantitative estimate of drug-likeness (QED) is 0.626. The monoisotopic (exact) mass is 402 g/mol. The number of imidazole rings is 1. The standard InChI is InChI=1S/C22H34N4O3/c1-16(2)12-25(13-17(3)4)22(28)14-26-19-9-7-6-8-18(19)24-20(26)10-11-23-21(27)15-29-5/h6-9,16-17H,10-15H2,1-5H3,(H,23,27). The van der Waals surface area contributed by atoms with Crippen LogP contribution in [0, 0.1) is 11.8 Å². The van der Waals surface area contributed by atoms with Crippen LogP contribution in [0.4, 0.5) is 0 Å². The van der Waals surface area contributed by atoms with E-state index in [9.17, 15) is 9.59 Å². The SMILES string of the molecule is COCC(=O)NCCc1nc2ccccc2n1CC(=O)N(CC(C)C)CC(C)C. The summed E-state index contributed by atoms with van der Waals surface area (Å²) in [5, 5.41) is 2.82. The van der Waals surface area contributed by atoms with Crippen LogP contribution in [0.2, 0.25) is 0 Å². The Morgan fingerprint density at radius 1 is 1.14 bits per heavy atom. The van der Waals surface area contributed by atoms with E-state index in [1.165, 1.54) is 7.11 Å². The van der Waals surface area contributed by atoms with E-state index in [1.54, 1.807) is 0 Å². The van der Waals surface area contributed by atoms with Crippen LogP contribution in [0.3, 0.4) is 0 Å². The fourth-order valence-corrected chi connectivity index (χ4v) is 3.38. The fourth-order valence-electron chi connectivity index (χ4n) is 3.38. The summed E-state index contributed by atoms with van der Waals surface area (Å²) in [7, 11) is 1.49. The fraction of sp³-hybridized carbons (Fsp3) is 0.591. The molecule has 0 spiro atoms. The van der Waals surface area contributed by atoms with E-state index in [1.807, 2.05) is 33.7 Å². The Hall–Kier alpha value is -2.41. The van der Waals surface area contributed by atoms with E-state index in [2.05, 4.69) is 33.0 Å². The Labute approximate surface area is 173 Å². The highest BCUT2D eigenvalue weighted by Gasteiger charge is 2.20. The summed E-state index contributed by atoms with van der Waals surface area (Å²) in [5.74, 6) is 1.55. The highest BCUT2D eigenvalue weighted by molar-refractivity contribution is 5.81. The predicted octanol–water partition coefficient (Wildman–Crippen LogP) is 2.48. The van der Waals surface area contributed by atoms with Gasteiger partial charge in [-0.3, -0.25) is 9.59 Å². The van der Waals surface area contributed by atoms with Crippen molar-refractivity contribution in [1.82, 2.24) is 19.8 Å². The third-order valence-corrected chi connectivity index (χ3v) is 4.50. The van der Waals surface area contributed by atoms with Crippen LogP contribution in [0.5, 0.6) is 0 Å². The van der Waals surface area contributed by atoms with Gasteiger partial charge in [-0.15, -0.1) is 0 Å². The summed E-state index contributed by atoms with van der Waals surface area (Å²) in [6.45, 7) is 10.7. The van der Waals surface area contributed by atoms with Crippen molar-refractivity contribution in [2.24, 2.45) is 11.8 Å².